The van der Waals surface area contributed by atoms with Crippen LogP contribution in [-0.2, 0) is 6.18 Å². The van der Waals surface area contributed by atoms with Gasteiger partial charge in [-0.2, -0.15) is 17.7 Å². The second-order valence-electron chi connectivity index (χ2n) is 5.19. The molecule has 0 saturated heterocycles. The molecular formula is C15H14F3N5. The van der Waals surface area contributed by atoms with E-state index in [1.165, 1.54) is 16.6 Å². The first-order valence-electron chi connectivity index (χ1n) is 6.98. The Morgan fingerprint density at radius 3 is 2.57 bits per heavy atom. The summed E-state index contributed by atoms with van der Waals surface area (Å²) in [6.07, 6.45) is -4.39. The molecule has 0 saturated carbocycles. The summed E-state index contributed by atoms with van der Waals surface area (Å²) in [6, 6.07) is 8.31. The number of hydrogen-bond donors (Lipinski definition) is 1. The Morgan fingerprint density at radius 1 is 1.09 bits per heavy atom. The van der Waals surface area contributed by atoms with Crippen LogP contribution in [0.3, 0.4) is 0 Å². The molecule has 1 N–H and O–H groups in total. The van der Waals surface area contributed by atoms with Gasteiger partial charge in [0.05, 0.1) is 11.6 Å². The fourth-order valence-electron chi connectivity index (χ4n) is 2.41. The number of nitrogens with zero attached hydrogens (tertiary/aromatic N) is 4. The molecule has 0 aliphatic rings. The molecule has 23 heavy (non-hydrogen) atoms. The quantitative estimate of drug-likeness (QED) is 0.800. The van der Waals surface area contributed by atoms with Gasteiger partial charge in [0.1, 0.15) is 5.82 Å². The molecular weight excluding hydrogens is 307 g/mol. The van der Waals surface area contributed by atoms with E-state index < -0.39 is 17.8 Å². The fourth-order valence-corrected chi connectivity index (χ4v) is 2.41. The largest absolute Gasteiger partial charge is 0.416 e. The summed E-state index contributed by atoms with van der Waals surface area (Å²) in [5, 5.41) is 15.1. The van der Waals surface area contributed by atoms with Gasteiger partial charge in [-0.15, -0.1) is 15.3 Å². The Hall–Kier alpha value is -2.64. The monoisotopic (exact) mass is 321 g/mol. The van der Waals surface area contributed by atoms with Gasteiger partial charge in [-0.1, -0.05) is 18.2 Å². The highest BCUT2D eigenvalue weighted by Crippen LogP contribution is 2.35. The van der Waals surface area contributed by atoms with Crippen molar-refractivity contribution in [1.29, 1.82) is 0 Å². The summed E-state index contributed by atoms with van der Waals surface area (Å²) in [4.78, 5) is 0. The molecule has 0 aliphatic carbocycles. The minimum atomic E-state index is -4.39. The molecule has 0 radical (unpaired) electrons. The lowest BCUT2D eigenvalue weighted by molar-refractivity contribution is -0.138. The van der Waals surface area contributed by atoms with E-state index in [9.17, 15) is 13.2 Å². The molecule has 0 spiro atoms. The summed E-state index contributed by atoms with van der Waals surface area (Å²) in [6.45, 7) is 3.41. The molecule has 0 aliphatic heterocycles. The number of nitrogens with one attached hydrogen (secondary N) is 1. The van der Waals surface area contributed by atoms with Crippen LogP contribution in [-0.4, -0.2) is 19.8 Å². The molecule has 0 bridgehead atoms. The highest BCUT2D eigenvalue weighted by Gasteiger charge is 2.34. The van der Waals surface area contributed by atoms with E-state index >= 15 is 0 Å². The predicted molar refractivity (Wildman–Crippen MR) is 79.0 cm³/mol. The van der Waals surface area contributed by atoms with Crippen LogP contribution >= 0.6 is 0 Å². The molecule has 5 nitrogen and oxygen atoms in total. The van der Waals surface area contributed by atoms with Crippen molar-refractivity contribution in [3.63, 3.8) is 0 Å². The van der Waals surface area contributed by atoms with Gasteiger partial charge in [-0.05, 0) is 37.6 Å². The third-order valence-corrected chi connectivity index (χ3v) is 3.52. The third-order valence-electron chi connectivity index (χ3n) is 3.52. The Balaban J connectivity index is 1.92. The van der Waals surface area contributed by atoms with Gasteiger partial charge in [0, 0.05) is 0 Å². The molecule has 120 valence electrons. The van der Waals surface area contributed by atoms with Crippen molar-refractivity contribution < 1.29 is 13.2 Å². The lowest BCUT2D eigenvalue weighted by Crippen LogP contribution is -2.16. The smallest absolute Gasteiger partial charge is 0.362 e. The SMILES string of the molecule is Cc1nnc2ccc(N[C@@H](C)c3ccccc3C(F)(F)F)nn12. The number of fused-ring (bicyclic) bond motifs is 1. The number of aryl methyl sites for hydroxylation is 1. The van der Waals surface area contributed by atoms with E-state index in [-0.39, 0.29) is 5.56 Å². The maximum absolute atomic E-state index is 13.1. The highest BCUT2D eigenvalue weighted by atomic mass is 19.4. The predicted octanol–water partition coefficient (Wildman–Crippen LogP) is 3.62. The van der Waals surface area contributed by atoms with Crippen molar-refractivity contribution in [3.8, 4) is 0 Å². The van der Waals surface area contributed by atoms with Crippen LogP contribution in [0.1, 0.15) is 29.9 Å². The molecule has 8 heteroatoms. The standard InChI is InChI=1S/C15H14F3N5/c1-9(11-5-3-4-6-12(11)15(16,17)18)19-13-7-8-14-21-20-10(2)23(14)22-13/h3-9H,1-2H3,(H,19,22)/t9-/m0/s1. The Bertz CT molecular complexity index is 840. The highest BCUT2D eigenvalue weighted by molar-refractivity contribution is 5.46. The summed E-state index contributed by atoms with van der Waals surface area (Å²) in [5.41, 5.74) is 0.0975. The first-order chi connectivity index (χ1) is 10.9. The van der Waals surface area contributed by atoms with Crippen molar-refractivity contribution in [2.45, 2.75) is 26.1 Å². The second-order valence-corrected chi connectivity index (χ2v) is 5.19. The van der Waals surface area contributed by atoms with E-state index in [0.29, 0.717) is 17.3 Å². The number of benzene rings is 1. The summed E-state index contributed by atoms with van der Waals surface area (Å²) in [5.74, 6) is 1.05. The third kappa shape index (κ3) is 2.96. The van der Waals surface area contributed by atoms with Crippen LogP contribution in [0.25, 0.3) is 5.65 Å². The second kappa shape index (κ2) is 5.53. The normalized spacial score (nSPS) is 13.3. The molecule has 0 unspecified atom stereocenters. The molecule has 3 rings (SSSR count). The number of alkyl halides is 3. The fraction of sp³-hybridized carbons (Fsp3) is 0.267. The Morgan fingerprint density at radius 2 is 1.83 bits per heavy atom. The van der Waals surface area contributed by atoms with Gasteiger partial charge in [-0.3, -0.25) is 0 Å². The minimum Gasteiger partial charge on any atom is -0.362 e. The molecule has 0 amide bonds. The van der Waals surface area contributed by atoms with Crippen LogP contribution in [0, 0.1) is 6.92 Å². The van der Waals surface area contributed by atoms with Gasteiger partial charge < -0.3 is 5.32 Å². The summed E-state index contributed by atoms with van der Waals surface area (Å²) in [7, 11) is 0. The Labute approximate surface area is 130 Å². The van der Waals surface area contributed by atoms with Gasteiger partial charge in [0.2, 0.25) is 0 Å². The zero-order valence-electron chi connectivity index (χ0n) is 12.5. The number of halogens is 3. The van der Waals surface area contributed by atoms with Crippen molar-refractivity contribution in [2.75, 3.05) is 5.32 Å². The van der Waals surface area contributed by atoms with E-state index in [2.05, 4.69) is 20.6 Å². The van der Waals surface area contributed by atoms with Gasteiger partial charge in [-0.25, -0.2) is 0 Å². The number of aromatic nitrogens is 4. The van der Waals surface area contributed by atoms with E-state index in [1.807, 2.05) is 0 Å². The van der Waals surface area contributed by atoms with Crippen LogP contribution in [0.5, 0.6) is 0 Å². The van der Waals surface area contributed by atoms with Gasteiger partial charge in [0.25, 0.3) is 0 Å². The maximum Gasteiger partial charge on any atom is 0.416 e. The zero-order valence-corrected chi connectivity index (χ0v) is 12.5. The molecule has 2 aromatic heterocycles. The lowest BCUT2D eigenvalue weighted by Gasteiger charge is -2.19. The molecule has 1 atom stereocenters. The van der Waals surface area contributed by atoms with E-state index in [4.69, 9.17) is 0 Å². The first-order valence-corrected chi connectivity index (χ1v) is 6.98. The average molecular weight is 321 g/mol. The number of anilines is 1. The van der Waals surface area contributed by atoms with Crippen LogP contribution in [0.15, 0.2) is 36.4 Å². The van der Waals surface area contributed by atoms with Crippen molar-refractivity contribution in [1.82, 2.24) is 19.8 Å². The van der Waals surface area contributed by atoms with Crippen molar-refractivity contribution in [3.05, 3.63) is 53.3 Å². The molecule has 2 heterocycles. The number of rotatable bonds is 3. The average Bonchev–Trinajstić information content (AvgIpc) is 2.87. The van der Waals surface area contributed by atoms with E-state index in [1.54, 1.807) is 32.0 Å². The van der Waals surface area contributed by atoms with Crippen molar-refractivity contribution >= 4 is 11.5 Å². The van der Waals surface area contributed by atoms with Crippen molar-refractivity contribution in [2.24, 2.45) is 0 Å². The van der Waals surface area contributed by atoms with E-state index in [0.717, 1.165) is 6.07 Å². The first kappa shape index (κ1) is 15.3. The van der Waals surface area contributed by atoms with Crippen LogP contribution in [0.2, 0.25) is 0 Å². The molecule has 3 aromatic rings. The zero-order chi connectivity index (χ0) is 16.6. The van der Waals surface area contributed by atoms with Gasteiger partial charge >= 0.3 is 6.18 Å². The van der Waals surface area contributed by atoms with Crippen LogP contribution < -0.4 is 5.32 Å². The lowest BCUT2D eigenvalue weighted by atomic mass is 10.0. The maximum atomic E-state index is 13.1. The summed E-state index contributed by atoms with van der Waals surface area (Å²) >= 11 is 0. The van der Waals surface area contributed by atoms with Crippen LogP contribution in [0.4, 0.5) is 19.0 Å². The minimum absolute atomic E-state index is 0.169. The summed E-state index contributed by atoms with van der Waals surface area (Å²) < 4.78 is 40.8. The molecule has 1 aromatic carbocycles. The van der Waals surface area contributed by atoms with Gasteiger partial charge in [0.15, 0.2) is 11.5 Å². The topological polar surface area (TPSA) is 55.1 Å². The number of hydrogen-bond acceptors (Lipinski definition) is 4. The molecule has 0 fully saturated rings. The Kier molecular flexibility index (Phi) is 3.67.